The highest BCUT2D eigenvalue weighted by Crippen LogP contribution is 1.83. The molecule has 3 N–H and O–H groups in total. The lowest BCUT2D eigenvalue weighted by atomic mass is 10.3. The molecule has 0 aliphatic rings. The first kappa shape index (κ1) is 8.68. The van der Waals surface area contributed by atoms with Crippen molar-refractivity contribution >= 4 is 11.8 Å². The van der Waals surface area contributed by atoms with Crippen LogP contribution in [0.15, 0.2) is 12.2 Å². The van der Waals surface area contributed by atoms with Gasteiger partial charge in [-0.1, -0.05) is 6.58 Å². The Morgan fingerprint density at radius 2 is 2.10 bits per heavy atom. The van der Waals surface area contributed by atoms with E-state index in [2.05, 4.69) is 11.9 Å². The van der Waals surface area contributed by atoms with Crippen molar-refractivity contribution in [3.8, 4) is 0 Å². The minimum absolute atomic E-state index is 0.133. The van der Waals surface area contributed by atoms with Crippen LogP contribution in [0.3, 0.4) is 0 Å². The van der Waals surface area contributed by atoms with Gasteiger partial charge in [0.05, 0.1) is 6.54 Å². The van der Waals surface area contributed by atoms with Gasteiger partial charge >= 0.3 is 0 Å². The summed E-state index contributed by atoms with van der Waals surface area (Å²) in [5, 5.41) is 2.27. The summed E-state index contributed by atoms with van der Waals surface area (Å²) in [6, 6.07) is 0. The fourth-order valence-corrected chi connectivity index (χ4v) is 0.318. The molecule has 0 saturated heterocycles. The summed E-state index contributed by atoms with van der Waals surface area (Å²) in [6.45, 7) is 4.79. The molecule has 4 nitrogen and oxygen atoms in total. The van der Waals surface area contributed by atoms with Crippen LogP contribution in [0, 0.1) is 0 Å². The molecule has 0 heterocycles. The summed E-state index contributed by atoms with van der Waals surface area (Å²) in [6.07, 6.45) is 0. The number of hydrogen-bond donors (Lipinski definition) is 2. The molecule has 0 unspecified atom stereocenters. The molecule has 2 amide bonds. The van der Waals surface area contributed by atoms with E-state index in [4.69, 9.17) is 5.73 Å². The first-order chi connectivity index (χ1) is 4.54. The summed E-state index contributed by atoms with van der Waals surface area (Å²) in [5.74, 6) is -0.909. The molecule has 0 aliphatic heterocycles. The Morgan fingerprint density at radius 3 is 2.40 bits per heavy atom. The molecule has 0 aromatic heterocycles. The van der Waals surface area contributed by atoms with Gasteiger partial charge in [0, 0.05) is 5.57 Å². The lowest BCUT2D eigenvalue weighted by molar-refractivity contribution is -0.122. The summed E-state index contributed by atoms with van der Waals surface area (Å²) < 4.78 is 0. The van der Waals surface area contributed by atoms with Gasteiger partial charge in [-0.3, -0.25) is 9.59 Å². The zero-order valence-electron chi connectivity index (χ0n) is 5.81. The Bertz CT molecular complexity index is 175. The number of carbonyl (C=O) groups excluding carboxylic acids is 2. The van der Waals surface area contributed by atoms with E-state index >= 15 is 0 Å². The van der Waals surface area contributed by atoms with Crippen LogP contribution >= 0.6 is 0 Å². The molecule has 0 radical (unpaired) electrons. The van der Waals surface area contributed by atoms with Crippen LogP contribution in [0.2, 0.25) is 0 Å². The zero-order chi connectivity index (χ0) is 8.15. The summed E-state index contributed by atoms with van der Waals surface area (Å²) >= 11 is 0. The Labute approximate surface area is 59.1 Å². The number of nitrogens with one attached hydrogen (secondary N) is 1. The molecule has 0 spiro atoms. The van der Waals surface area contributed by atoms with E-state index in [-0.39, 0.29) is 12.5 Å². The van der Waals surface area contributed by atoms with Gasteiger partial charge in [-0.05, 0) is 6.92 Å². The standard InChI is InChI=1S/C6H10N2O2/c1-4(2)6(10)8-3-5(7)9/h1,3H2,2H3,(H2,7,9)(H,8,10). The molecule has 56 valence electrons. The molecule has 0 aliphatic carbocycles. The Kier molecular flexibility index (Phi) is 3.17. The van der Waals surface area contributed by atoms with Crippen LogP contribution in [0.1, 0.15) is 6.92 Å². The number of amides is 2. The molecular weight excluding hydrogens is 132 g/mol. The van der Waals surface area contributed by atoms with Gasteiger partial charge in [-0.2, -0.15) is 0 Å². The highest BCUT2D eigenvalue weighted by Gasteiger charge is 2.00. The molecule has 0 saturated carbocycles. The predicted octanol–water partition coefficient (Wildman–Crippen LogP) is -0.836. The second-order valence-electron chi connectivity index (χ2n) is 1.93. The van der Waals surface area contributed by atoms with Crippen LogP contribution in [-0.2, 0) is 9.59 Å². The van der Waals surface area contributed by atoms with Crippen molar-refractivity contribution in [2.75, 3.05) is 6.54 Å². The van der Waals surface area contributed by atoms with Crippen molar-refractivity contribution in [2.24, 2.45) is 5.73 Å². The van der Waals surface area contributed by atoms with Crippen molar-refractivity contribution in [1.82, 2.24) is 5.32 Å². The third-order valence-corrected chi connectivity index (χ3v) is 0.811. The lowest BCUT2D eigenvalue weighted by Crippen LogP contribution is -2.33. The van der Waals surface area contributed by atoms with Crippen molar-refractivity contribution in [3.05, 3.63) is 12.2 Å². The van der Waals surface area contributed by atoms with E-state index < -0.39 is 5.91 Å². The Morgan fingerprint density at radius 1 is 1.60 bits per heavy atom. The highest BCUT2D eigenvalue weighted by atomic mass is 16.2. The Hall–Kier alpha value is -1.32. The topological polar surface area (TPSA) is 72.2 Å². The van der Waals surface area contributed by atoms with Gasteiger partial charge in [0.2, 0.25) is 11.8 Å². The van der Waals surface area contributed by atoms with Crippen molar-refractivity contribution in [1.29, 1.82) is 0 Å². The normalized spacial score (nSPS) is 8.50. The van der Waals surface area contributed by atoms with Crippen molar-refractivity contribution in [2.45, 2.75) is 6.92 Å². The third-order valence-electron chi connectivity index (χ3n) is 0.811. The van der Waals surface area contributed by atoms with Crippen LogP contribution in [0.25, 0.3) is 0 Å². The average molecular weight is 142 g/mol. The van der Waals surface area contributed by atoms with E-state index in [0.29, 0.717) is 5.57 Å². The molecule has 0 aromatic rings. The molecule has 4 heteroatoms. The highest BCUT2D eigenvalue weighted by molar-refractivity contribution is 5.94. The molecule has 10 heavy (non-hydrogen) atoms. The summed E-state index contributed by atoms with van der Waals surface area (Å²) in [4.78, 5) is 20.7. The van der Waals surface area contributed by atoms with Crippen molar-refractivity contribution in [3.63, 3.8) is 0 Å². The fraction of sp³-hybridized carbons (Fsp3) is 0.333. The van der Waals surface area contributed by atoms with E-state index in [9.17, 15) is 9.59 Å². The zero-order valence-corrected chi connectivity index (χ0v) is 5.81. The monoisotopic (exact) mass is 142 g/mol. The number of hydrogen-bond acceptors (Lipinski definition) is 2. The summed E-state index contributed by atoms with van der Waals surface area (Å²) in [5.41, 5.74) is 5.12. The van der Waals surface area contributed by atoms with E-state index in [1.54, 1.807) is 6.92 Å². The molecule has 0 aromatic carbocycles. The quantitative estimate of drug-likeness (QED) is 0.504. The maximum atomic E-state index is 10.6. The minimum Gasteiger partial charge on any atom is -0.368 e. The number of nitrogens with two attached hydrogens (primary N) is 1. The molecule has 0 bridgehead atoms. The number of carbonyl (C=O) groups is 2. The molecule has 0 rings (SSSR count). The van der Waals surface area contributed by atoms with Crippen LogP contribution in [-0.4, -0.2) is 18.4 Å². The number of primary amides is 1. The van der Waals surface area contributed by atoms with Gasteiger partial charge < -0.3 is 11.1 Å². The van der Waals surface area contributed by atoms with Gasteiger partial charge in [-0.15, -0.1) is 0 Å². The van der Waals surface area contributed by atoms with Crippen molar-refractivity contribution < 1.29 is 9.59 Å². The Balaban J connectivity index is 3.60. The first-order valence-electron chi connectivity index (χ1n) is 2.76. The second-order valence-corrected chi connectivity index (χ2v) is 1.93. The first-order valence-corrected chi connectivity index (χ1v) is 2.76. The fourth-order valence-electron chi connectivity index (χ4n) is 0.318. The maximum Gasteiger partial charge on any atom is 0.246 e. The van der Waals surface area contributed by atoms with Crippen LogP contribution in [0.4, 0.5) is 0 Å². The smallest absolute Gasteiger partial charge is 0.246 e. The maximum absolute atomic E-state index is 10.6. The average Bonchev–Trinajstić information content (AvgIpc) is 1.82. The third kappa shape index (κ3) is 3.65. The van der Waals surface area contributed by atoms with Gasteiger partial charge in [0.15, 0.2) is 0 Å². The van der Waals surface area contributed by atoms with Crippen LogP contribution in [0.5, 0.6) is 0 Å². The summed E-state index contributed by atoms with van der Waals surface area (Å²) in [7, 11) is 0. The second kappa shape index (κ2) is 3.66. The van der Waals surface area contributed by atoms with Gasteiger partial charge in [-0.25, -0.2) is 0 Å². The van der Waals surface area contributed by atoms with Gasteiger partial charge in [0.25, 0.3) is 0 Å². The predicted molar refractivity (Wildman–Crippen MR) is 37.0 cm³/mol. The molecule has 0 atom stereocenters. The minimum atomic E-state index is -0.561. The van der Waals surface area contributed by atoms with E-state index in [1.807, 2.05) is 0 Å². The van der Waals surface area contributed by atoms with E-state index in [1.165, 1.54) is 0 Å². The molecule has 0 fully saturated rings. The van der Waals surface area contributed by atoms with Gasteiger partial charge in [0.1, 0.15) is 0 Å². The van der Waals surface area contributed by atoms with Crippen LogP contribution < -0.4 is 11.1 Å². The molecular formula is C6H10N2O2. The van der Waals surface area contributed by atoms with E-state index in [0.717, 1.165) is 0 Å². The SMILES string of the molecule is C=C(C)C(=O)NCC(N)=O. The largest absolute Gasteiger partial charge is 0.368 e. The number of rotatable bonds is 3. The lowest BCUT2D eigenvalue weighted by Gasteiger charge is -1.99.